The third-order valence-corrected chi connectivity index (χ3v) is 5.58. The molecule has 0 radical (unpaired) electrons. The Labute approximate surface area is 214 Å². The molecule has 0 aliphatic heterocycles. The number of ether oxygens (including phenoxy) is 1. The summed E-state index contributed by atoms with van der Waals surface area (Å²) in [6.45, 7) is -0.754. The number of pyridine rings is 1. The third kappa shape index (κ3) is 6.87. The Morgan fingerprint density at radius 2 is 1.35 bits per heavy atom. The van der Waals surface area contributed by atoms with Gasteiger partial charge in [0.25, 0.3) is 0 Å². The van der Waals surface area contributed by atoms with Gasteiger partial charge in [0.15, 0.2) is 0 Å². The number of nitrogens with one attached hydrogen (secondary N) is 2. The lowest BCUT2D eigenvalue weighted by Gasteiger charge is -2.20. The molecule has 3 N–H and O–H groups in total. The topological polar surface area (TPSA) is 118 Å². The van der Waals surface area contributed by atoms with Gasteiger partial charge in [-0.1, -0.05) is 66.7 Å². The molecule has 0 aliphatic carbocycles. The van der Waals surface area contributed by atoms with Crippen molar-refractivity contribution in [2.24, 2.45) is 0 Å². The Bertz CT molecular complexity index is 1320. The third-order valence-electron chi connectivity index (χ3n) is 5.58. The first kappa shape index (κ1) is 25.3. The molecule has 0 saturated heterocycles. The summed E-state index contributed by atoms with van der Waals surface area (Å²) in [5.74, 6) is -2.15. The van der Waals surface area contributed by atoms with Crippen molar-refractivity contribution in [3.63, 3.8) is 0 Å². The Kier molecular flexibility index (Phi) is 8.36. The molecule has 3 aromatic carbocycles. The van der Waals surface area contributed by atoms with E-state index in [-0.39, 0.29) is 23.9 Å². The van der Waals surface area contributed by atoms with Crippen LogP contribution in [0.4, 0.5) is 5.69 Å². The summed E-state index contributed by atoms with van der Waals surface area (Å²) in [4.78, 5) is 40.8. The molecule has 4 rings (SSSR count). The molecule has 0 saturated carbocycles. The van der Waals surface area contributed by atoms with Gasteiger partial charge in [-0.2, -0.15) is 0 Å². The predicted octanol–water partition coefficient (Wildman–Crippen LogP) is 4.31. The highest BCUT2D eigenvalue weighted by molar-refractivity contribution is 6.02. The molecule has 8 heteroatoms. The smallest absolute Gasteiger partial charge is 0.337 e. The number of rotatable bonds is 10. The molecule has 0 aliphatic rings. The molecular weight excluding hydrogens is 470 g/mol. The van der Waals surface area contributed by atoms with Crippen LogP contribution in [0.25, 0.3) is 11.1 Å². The Morgan fingerprint density at radius 3 is 1.95 bits per heavy atom. The van der Waals surface area contributed by atoms with Crippen molar-refractivity contribution in [1.82, 2.24) is 10.3 Å². The van der Waals surface area contributed by atoms with Crippen molar-refractivity contribution in [2.45, 2.75) is 6.04 Å². The van der Waals surface area contributed by atoms with Crippen LogP contribution >= 0.6 is 0 Å². The quantitative estimate of drug-likeness (QED) is 0.302. The lowest BCUT2D eigenvalue weighted by molar-refractivity contribution is -0.129. The van der Waals surface area contributed by atoms with Crippen molar-refractivity contribution in [3.05, 3.63) is 120 Å². The van der Waals surface area contributed by atoms with Crippen molar-refractivity contribution in [3.8, 4) is 11.1 Å². The van der Waals surface area contributed by atoms with Crippen LogP contribution in [0, 0.1) is 0 Å². The second-order valence-electron chi connectivity index (χ2n) is 8.16. The summed E-state index contributed by atoms with van der Waals surface area (Å²) in [5, 5.41) is 15.1. The summed E-state index contributed by atoms with van der Waals surface area (Å²) in [5.41, 5.74) is 3.38. The molecule has 8 nitrogen and oxygen atoms in total. The van der Waals surface area contributed by atoms with Crippen molar-refractivity contribution in [2.75, 3.05) is 18.5 Å². The highest BCUT2D eigenvalue weighted by Crippen LogP contribution is 2.25. The standard InChI is InChI=1S/C29H25N3O5/c33-26(31-25-12-11-23(17-24(25)29(35)36)20-13-15-30-16-14-20)18-37-19-27(34)32-28(21-7-3-1-4-8-21)22-9-5-2-6-10-22/h1-17,28H,18-19H2,(H,31,33)(H,32,34)(H,35,36). The molecule has 2 amide bonds. The van der Waals surface area contributed by atoms with Crippen LogP contribution in [0.1, 0.15) is 27.5 Å². The number of benzene rings is 3. The van der Waals surface area contributed by atoms with E-state index < -0.39 is 24.4 Å². The summed E-state index contributed by atoms with van der Waals surface area (Å²) in [7, 11) is 0. The maximum atomic E-state index is 12.6. The van der Waals surface area contributed by atoms with E-state index in [4.69, 9.17) is 4.74 Å². The summed E-state index contributed by atoms with van der Waals surface area (Å²) >= 11 is 0. The van der Waals surface area contributed by atoms with E-state index in [1.54, 1.807) is 30.6 Å². The Hall–Kier alpha value is -4.82. The number of carboxylic acid groups (broad SMARTS) is 1. The number of amides is 2. The normalized spacial score (nSPS) is 10.6. The fourth-order valence-electron chi connectivity index (χ4n) is 3.83. The molecule has 37 heavy (non-hydrogen) atoms. The van der Waals surface area contributed by atoms with Crippen LogP contribution in [0.5, 0.6) is 0 Å². The zero-order chi connectivity index (χ0) is 26.0. The summed E-state index contributed by atoms with van der Waals surface area (Å²) in [6, 6.07) is 26.9. The summed E-state index contributed by atoms with van der Waals surface area (Å²) in [6.07, 6.45) is 3.22. The van der Waals surface area contributed by atoms with Gasteiger partial charge in [0.1, 0.15) is 13.2 Å². The van der Waals surface area contributed by atoms with E-state index in [0.717, 1.165) is 16.7 Å². The second kappa shape index (κ2) is 12.2. The number of aromatic carboxylic acids is 1. The van der Waals surface area contributed by atoms with Gasteiger partial charge in [0.05, 0.1) is 17.3 Å². The van der Waals surface area contributed by atoms with Gasteiger partial charge >= 0.3 is 5.97 Å². The Balaban J connectivity index is 1.34. The lowest BCUT2D eigenvalue weighted by atomic mass is 9.99. The number of hydrogen-bond donors (Lipinski definition) is 3. The number of carbonyl (C=O) groups is 3. The molecule has 4 aromatic rings. The zero-order valence-corrected chi connectivity index (χ0v) is 19.8. The molecule has 1 heterocycles. The van der Waals surface area contributed by atoms with Crippen molar-refractivity contribution >= 4 is 23.5 Å². The van der Waals surface area contributed by atoms with Crippen LogP contribution in [0.15, 0.2) is 103 Å². The van der Waals surface area contributed by atoms with Crippen molar-refractivity contribution < 1.29 is 24.2 Å². The molecule has 0 unspecified atom stereocenters. The van der Waals surface area contributed by atoms with E-state index in [9.17, 15) is 19.5 Å². The van der Waals surface area contributed by atoms with E-state index in [2.05, 4.69) is 15.6 Å². The van der Waals surface area contributed by atoms with Gasteiger partial charge in [-0.15, -0.1) is 0 Å². The van der Waals surface area contributed by atoms with Gasteiger partial charge in [0, 0.05) is 12.4 Å². The average molecular weight is 496 g/mol. The van der Waals surface area contributed by atoms with Gasteiger partial charge in [0.2, 0.25) is 11.8 Å². The maximum Gasteiger partial charge on any atom is 0.337 e. The van der Waals surface area contributed by atoms with Crippen LogP contribution in [-0.2, 0) is 14.3 Å². The van der Waals surface area contributed by atoms with E-state index in [1.165, 1.54) is 12.1 Å². The van der Waals surface area contributed by atoms with Crippen LogP contribution in [-0.4, -0.2) is 41.1 Å². The first-order valence-electron chi connectivity index (χ1n) is 11.6. The average Bonchev–Trinajstić information content (AvgIpc) is 2.93. The number of carbonyl (C=O) groups excluding carboxylic acids is 2. The minimum Gasteiger partial charge on any atom is -0.478 e. The predicted molar refractivity (Wildman–Crippen MR) is 139 cm³/mol. The number of anilines is 1. The van der Waals surface area contributed by atoms with Crippen LogP contribution in [0.3, 0.4) is 0 Å². The number of aromatic nitrogens is 1. The molecule has 0 spiro atoms. The molecule has 0 atom stereocenters. The van der Waals surface area contributed by atoms with Crippen LogP contribution < -0.4 is 10.6 Å². The second-order valence-corrected chi connectivity index (χ2v) is 8.16. The van der Waals surface area contributed by atoms with Gasteiger partial charge < -0.3 is 20.5 Å². The monoisotopic (exact) mass is 495 g/mol. The Morgan fingerprint density at radius 1 is 0.757 bits per heavy atom. The molecular formula is C29H25N3O5. The van der Waals surface area contributed by atoms with E-state index in [0.29, 0.717) is 5.56 Å². The number of carboxylic acids is 1. The van der Waals surface area contributed by atoms with E-state index in [1.807, 2.05) is 60.7 Å². The minimum absolute atomic E-state index is 0.0611. The van der Waals surface area contributed by atoms with Crippen LogP contribution in [0.2, 0.25) is 0 Å². The number of hydrogen-bond acceptors (Lipinski definition) is 5. The first-order chi connectivity index (χ1) is 18.0. The molecule has 186 valence electrons. The summed E-state index contributed by atoms with van der Waals surface area (Å²) < 4.78 is 5.32. The highest BCUT2D eigenvalue weighted by atomic mass is 16.5. The van der Waals surface area contributed by atoms with E-state index >= 15 is 0 Å². The highest BCUT2D eigenvalue weighted by Gasteiger charge is 2.18. The van der Waals surface area contributed by atoms with Crippen molar-refractivity contribution in [1.29, 1.82) is 0 Å². The molecule has 0 fully saturated rings. The lowest BCUT2D eigenvalue weighted by Crippen LogP contribution is -2.33. The minimum atomic E-state index is -1.18. The molecule has 0 bridgehead atoms. The maximum absolute atomic E-state index is 12.6. The van der Waals surface area contributed by atoms with Gasteiger partial charge in [-0.3, -0.25) is 14.6 Å². The fraction of sp³-hybridized carbons (Fsp3) is 0.103. The van der Waals surface area contributed by atoms with Gasteiger partial charge in [-0.25, -0.2) is 4.79 Å². The zero-order valence-electron chi connectivity index (χ0n) is 19.8. The largest absolute Gasteiger partial charge is 0.478 e. The molecule has 1 aromatic heterocycles. The fourth-order valence-corrected chi connectivity index (χ4v) is 3.83. The number of nitrogens with zero attached hydrogens (tertiary/aromatic N) is 1. The van der Waals surface area contributed by atoms with Gasteiger partial charge in [-0.05, 0) is 46.5 Å². The first-order valence-corrected chi connectivity index (χ1v) is 11.6. The SMILES string of the molecule is O=C(COCC(=O)NC(c1ccccc1)c1ccccc1)Nc1ccc(-c2ccncc2)cc1C(=O)O.